The number of benzene rings is 2. The van der Waals surface area contributed by atoms with Crippen molar-refractivity contribution in [2.45, 2.75) is 77.8 Å². The van der Waals surface area contributed by atoms with Gasteiger partial charge in [0.1, 0.15) is 11.1 Å². The Morgan fingerprint density at radius 1 is 1.00 bits per heavy atom. The standard InChI is InChI=1S/C27H33IN2O4S/c1-16(2)30(17(3)4)25(29-35(32,33)21-11-9-18(5)10-12-21)22-14-19-13-20(28)15-23(27(6,7)8)24(19)34-26(22)31/h9-17H,1-8H3/b29-25+. The second kappa shape index (κ2) is 10.0. The van der Waals surface area contributed by atoms with Crippen molar-refractivity contribution in [1.29, 1.82) is 0 Å². The Kier molecular flexibility index (Phi) is 7.86. The van der Waals surface area contributed by atoms with Gasteiger partial charge in [0.05, 0.1) is 4.90 Å². The second-order valence-electron chi connectivity index (χ2n) is 10.4. The number of hydrogen-bond donors (Lipinski definition) is 0. The fraction of sp³-hybridized carbons (Fsp3) is 0.407. The number of amidine groups is 1. The third-order valence-corrected chi connectivity index (χ3v) is 7.63. The number of hydrogen-bond acceptors (Lipinski definition) is 4. The molecule has 0 radical (unpaired) electrons. The maximum Gasteiger partial charge on any atom is 0.347 e. The van der Waals surface area contributed by atoms with E-state index in [1.807, 2.05) is 51.7 Å². The van der Waals surface area contributed by atoms with Crippen LogP contribution in [0.2, 0.25) is 0 Å². The molecule has 0 atom stereocenters. The van der Waals surface area contributed by atoms with Crippen LogP contribution in [0.15, 0.2) is 61.0 Å². The summed E-state index contributed by atoms with van der Waals surface area (Å²) in [4.78, 5) is 15.3. The lowest BCUT2D eigenvalue weighted by atomic mass is 9.86. The maximum atomic E-state index is 13.4. The van der Waals surface area contributed by atoms with Crippen LogP contribution in [0.25, 0.3) is 11.0 Å². The Hall–Kier alpha value is -2.20. The third-order valence-electron chi connectivity index (χ3n) is 5.73. The zero-order valence-electron chi connectivity index (χ0n) is 21.5. The molecule has 1 aromatic heterocycles. The molecule has 0 unspecified atom stereocenters. The van der Waals surface area contributed by atoms with Gasteiger partial charge in [-0.2, -0.15) is 8.42 Å². The molecule has 0 fully saturated rings. The predicted octanol–water partition coefficient (Wildman–Crippen LogP) is 6.26. The van der Waals surface area contributed by atoms with Crippen LogP contribution in [0, 0.1) is 10.5 Å². The van der Waals surface area contributed by atoms with Crippen LogP contribution in [-0.4, -0.2) is 31.2 Å². The van der Waals surface area contributed by atoms with Gasteiger partial charge in [0, 0.05) is 26.6 Å². The van der Waals surface area contributed by atoms with E-state index in [1.54, 1.807) is 18.2 Å². The molecule has 2 aromatic carbocycles. The molecule has 0 saturated heterocycles. The van der Waals surface area contributed by atoms with Crippen molar-refractivity contribution in [3.05, 3.63) is 73.1 Å². The van der Waals surface area contributed by atoms with Crippen molar-refractivity contribution in [1.82, 2.24) is 4.90 Å². The molecule has 0 aliphatic heterocycles. The molecule has 1 heterocycles. The van der Waals surface area contributed by atoms with Crippen molar-refractivity contribution in [3.8, 4) is 0 Å². The van der Waals surface area contributed by atoms with Gasteiger partial charge < -0.3 is 9.32 Å². The summed E-state index contributed by atoms with van der Waals surface area (Å²) in [7, 11) is -4.08. The summed E-state index contributed by atoms with van der Waals surface area (Å²) in [6.45, 7) is 15.8. The molecular formula is C27H33IN2O4S. The van der Waals surface area contributed by atoms with E-state index in [2.05, 4.69) is 47.8 Å². The van der Waals surface area contributed by atoms with Crippen molar-refractivity contribution in [2.75, 3.05) is 0 Å². The zero-order chi connectivity index (χ0) is 26.3. The van der Waals surface area contributed by atoms with E-state index >= 15 is 0 Å². The summed E-state index contributed by atoms with van der Waals surface area (Å²) in [6, 6.07) is 11.9. The van der Waals surface area contributed by atoms with Gasteiger partial charge in [-0.1, -0.05) is 38.5 Å². The molecule has 35 heavy (non-hydrogen) atoms. The minimum absolute atomic E-state index is 0.0720. The topological polar surface area (TPSA) is 80.0 Å². The first-order valence-electron chi connectivity index (χ1n) is 11.6. The number of nitrogens with zero attached hydrogens (tertiary/aromatic N) is 2. The van der Waals surface area contributed by atoms with Crippen LogP contribution in [0.1, 0.15) is 65.2 Å². The van der Waals surface area contributed by atoms with Crippen molar-refractivity contribution < 1.29 is 12.8 Å². The number of sulfonamides is 1. The number of rotatable bonds is 5. The van der Waals surface area contributed by atoms with Crippen LogP contribution >= 0.6 is 22.6 Å². The van der Waals surface area contributed by atoms with Crippen LogP contribution in [0.4, 0.5) is 0 Å². The van der Waals surface area contributed by atoms with E-state index in [4.69, 9.17) is 4.42 Å². The minimum Gasteiger partial charge on any atom is -0.422 e. The SMILES string of the molecule is Cc1ccc(S(=O)(=O)/N=C(\c2cc3cc(I)cc(C(C)(C)C)c3oc2=O)N(C(C)C)C(C)C)cc1. The van der Waals surface area contributed by atoms with E-state index in [0.717, 1.165) is 20.1 Å². The average molecular weight is 609 g/mol. The van der Waals surface area contributed by atoms with Gasteiger partial charge in [-0.3, -0.25) is 0 Å². The molecule has 3 aromatic rings. The Bertz CT molecular complexity index is 1420. The number of fused-ring (bicyclic) bond motifs is 1. The fourth-order valence-corrected chi connectivity index (χ4v) is 5.76. The van der Waals surface area contributed by atoms with E-state index in [1.165, 1.54) is 12.1 Å². The molecule has 0 saturated carbocycles. The van der Waals surface area contributed by atoms with Gasteiger partial charge in [0.2, 0.25) is 0 Å². The first kappa shape index (κ1) is 27.4. The summed E-state index contributed by atoms with van der Waals surface area (Å²) >= 11 is 2.24. The average Bonchev–Trinajstić information content (AvgIpc) is 2.71. The van der Waals surface area contributed by atoms with Crippen molar-refractivity contribution >= 4 is 49.4 Å². The van der Waals surface area contributed by atoms with E-state index in [0.29, 0.717) is 5.58 Å². The highest BCUT2D eigenvalue weighted by Crippen LogP contribution is 2.32. The van der Waals surface area contributed by atoms with Gasteiger partial charge >= 0.3 is 5.63 Å². The van der Waals surface area contributed by atoms with Crippen LogP contribution in [0.3, 0.4) is 0 Å². The van der Waals surface area contributed by atoms with Crippen molar-refractivity contribution in [3.63, 3.8) is 0 Å². The maximum absolute atomic E-state index is 13.4. The summed E-state index contributed by atoms with van der Waals surface area (Å²) in [5.74, 6) is 0.0856. The molecule has 0 spiro atoms. The lowest BCUT2D eigenvalue weighted by molar-refractivity contribution is 0.292. The molecule has 0 N–H and O–H groups in total. The van der Waals surface area contributed by atoms with Gasteiger partial charge in [0.25, 0.3) is 10.0 Å². The molecule has 0 aliphatic carbocycles. The zero-order valence-corrected chi connectivity index (χ0v) is 24.5. The first-order chi connectivity index (χ1) is 16.1. The molecule has 0 aliphatic rings. The highest BCUT2D eigenvalue weighted by molar-refractivity contribution is 14.1. The second-order valence-corrected chi connectivity index (χ2v) is 13.2. The summed E-state index contributed by atoms with van der Waals surface area (Å²) in [5.41, 5.74) is 1.63. The van der Waals surface area contributed by atoms with E-state index in [9.17, 15) is 13.2 Å². The molecule has 0 amide bonds. The van der Waals surface area contributed by atoms with E-state index in [-0.39, 0.29) is 33.8 Å². The van der Waals surface area contributed by atoms with Crippen LogP contribution < -0.4 is 5.63 Å². The van der Waals surface area contributed by atoms with E-state index < -0.39 is 15.6 Å². The van der Waals surface area contributed by atoms with Gasteiger partial charge in [0.15, 0.2) is 5.84 Å². The van der Waals surface area contributed by atoms with Crippen molar-refractivity contribution in [2.24, 2.45) is 4.40 Å². The monoisotopic (exact) mass is 608 g/mol. The Morgan fingerprint density at radius 3 is 2.09 bits per heavy atom. The van der Waals surface area contributed by atoms with Gasteiger partial charge in [-0.25, -0.2) is 4.79 Å². The highest BCUT2D eigenvalue weighted by atomic mass is 127. The van der Waals surface area contributed by atoms with Gasteiger partial charge in [-0.15, -0.1) is 4.40 Å². The van der Waals surface area contributed by atoms with Crippen LogP contribution in [0.5, 0.6) is 0 Å². The molecule has 8 heteroatoms. The van der Waals surface area contributed by atoms with Gasteiger partial charge in [-0.05, 0) is 93.0 Å². The lowest BCUT2D eigenvalue weighted by Gasteiger charge is -2.33. The van der Waals surface area contributed by atoms with Crippen LogP contribution in [-0.2, 0) is 15.4 Å². The number of halogens is 1. The third kappa shape index (κ3) is 5.97. The first-order valence-corrected chi connectivity index (χ1v) is 14.1. The Morgan fingerprint density at radius 2 is 1.57 bits per heavy atom. The summed E-state index contributed by atoms with van der Waals surface area (Å²) in [6.07, 6.45) is 0. The normalized spacial score (nSPS) is 13.2. The largest absolute Gasteiger partial charge is 0.422 e. The molecule has 3 rings (SSSR count). The molecule has 6 nitrogen and oxygen atoms in total. The predicted molar refractivity (Wildman–Crippen MR) is 151 cm³/mol. The Balaban J connectivity index is 2.37. The molecule has 188 valence electrons. The Labute approximate surface area is 221 Å². The highest BCUT2D eigenvalue weighted by Gasteiger charge is 2.28. The lowest BCUT2D eigenvalue weighted by Crippen LogP contribution is -2.44. The number of aryl methyl sites for hydroxylation is 1. The quantitative estimate of drug-likeness (QED) is 0.148. The summed E-state index contributed by atoms with van der Waals surface area (Å²) in [5, 5.41) is 0.726. The smallest absolute Gasteiger partial charge is 0.347 e. The molecular weight excluding hydrogens is 575 g/mol. The summed E-state index contributed by atoms with van der Waals surface area (Å²) < 4.78 is 37.8. The fourth-order valence-electron chi connectivity index (χ4n) is 4.11. The minimum atomic E-state index is -4.08. The molecule has 0 bridgehead atoms.